The van der Waals surface area contributed by atoms with E-state index in [0.717, 1.165) is 22.7 Å². The normalized spacial score (nSPS) is 13.2. The second-order valence-corrected chi connectivity index (χ2v) is 15.0. The zero-order valence-corrected chi connectivity index (χ0v) is 29.7. The standard InChI is InChI=1S/C51H36N2/c1-51(2)46-23-13-12-20-41(46)42-29-28-38(32-47(42)51)52(35-16-4-3-5-17-35)36-24-26-37(27-25-36)53-48-31-34-15-7-6-14-33(34)30-45(48)49-43-21-10-8-18-39(43)40-19-9-11-22-44(40)50(49)53/h3-32H,1-2H3. The summed E-state index contributed by atoms with van der Waals surface area (Å²) in [5.41, 5.74) is 12.4. The zero-order chi connectivity index (χ0) is 35.3. The number of hydrogen-bond acceptors (Lipinski definition) is 1. The molecule has 0 radical (unpaired) electrons. The van der Waals surface area contributed by atoms with E-state index in [-0.39, 0.29) is 5.41 Å². The second kappa shape index (κ2) is 11.2. The first kappa shape index (κ1) is 30.0. The van der Waals surface area contributed by atoms with Gasteiger partial charge in [-0.05, 0) is 110 Å². The molecule has 0 unspecified atom stereocenters. The Bertz CT molecular complexity index is 3080. The Hall–Kier alpha value is -6.64. The summed E-state index contributed by atoms with van der Waals surface area (Å²) >= 11 is 0. The smallest absolute Gasteiger partial charge is 0.0625 e. The van der Waals surface area contributed by atoms with Gasteiger partial charge in [0.05, 0.1) is 11.0 Å². The van der Waals surface area contributed by atoms with Gasteiger partial charge in [0, 0.05) is 44.3 Å². The lowest BCUT2D eigenvalue weighted by molar-refractivity contribution is 0.660. The maximum absolute atomic E-state index is 2.50. The molecule has 1 aliphatic rings. The van der Waals surface area contributed by atoms with Gasteiger partial charge in [0.15, 0.2) is 0 Å². The molecule has 0 fully saturated rings. The van der Waals surface area contributed by atoms with E-state index in [1.54, 1.807) is 0 Å². The average Bonchev–Trinajstić information content (AvgIpc) is 3.66. The Morgan fingerprint density at radius 3 is 1.75 bits per heavy atom. The minimum absolute atomic E-state index is 0.0815. The number of benzene rings is 9. The summed E-state index contributed by atoms with van der Waals surface area (Å²) in [4.78, 5) is 2.39. The van der Waals surface area contributed by atoms with Crippen LogP contribution < -0.4 is 4.90 Å². The van der Waals surface area contributed by atoms with E-state index in [1.165, 1.54) is 76.4 Å². The molecule has 9 aromatic carbocycles. The van der Waals surface area contributed by atoms with Crippen molar-refractivity contribution < 1.29 is 0 Å². The molecule has 0 N–H and O–H groups in total. The zero-order valence-electron chi connectivity index (χ0n) is 29.7. The topological polar surface area (TPSA) is 8.17 Å². The molecule has 1 aromatic heterocycles. The Morgan fingerprint density at radius 2 is 0.981 bits per heavy atom. The number of aromatic nitrogens is 1. The first-order valence-electron chi connectivity index (χ1n) is 18.5. The first-order valence-corrected chi connectivity index (χ1v) is 18.5. The summed E-state index contributed by atoms with van der Waals surface area (Å²) in [5.74, 6) is 0. The van der Waals surface area contributed by atoms with Crippen LogP contribution in [0.1, 0.15) is 25.0 Å². The number of para-hydroxylation sites is 1. The van der Waals surface area contributed by atoms with E-state index in [2.05, 4.69) is 205 Å². The van der Waals surface area contributed by atoms with Crippen molar-refractivity contribution in [2.75, 3.05) is 4.90 Å². The van der Waals surface area contributed by atoms with Crippen LogP contribution in [0.2, 0.25) is 0 Å². The van der Waals surface area contributed by atoms with Crippen LogP contribution in [0, 0.1) is 0 Å². The predicted molar refractivity (Wildman–Crippen MR) is 226 cm³/mol. The van der Waals surface area contributed by atoms with Crippen molar-refractivity contribution in [2.45, 2.75) is 19.3 Å². The molecule has 53 heavy (non-hydrogen) atoms. The SMILES string of the molecule is CC1(C)c2ccccc2-c2ccc(N(c3ccccc3)c3ccc(-n4c5cc6ccccc6cc5c5c6ccccc6c6ccccc6c54)cc3)cc21. The monoisotopic (exact) mass is 676 g/mol. The van der Waals surface area contributed by atoms with E-state index < -0.39 is 0 Å². The highest BCUT2D eigenvalue weighted by Crippen LogP contribution is 2.51. The molecule has 0 spiro atoms. The maximum Gasteiger partial charge on any atom is 0.0625 e. The maximum atomic E-state index is 2.50. The minimum Gasteiger partial charge on any atom is -0.310 e. The third kappa shape index (κ3) is 4.33. The average molecular weight is 677 g/mol. The molecule has 250 valence electrons. The van der Waals surface area contributed by atoms with Gasteiger partial charge in [-0.15, -0.1) is 0 Å². The third-order valence-corrected chi connectivity index (χ3v) is 11.7. The fraction of sp³-hybridized carbons (Fsp3) is 0.0588. The molecule has 10 aromatic rings. The van der Waals surface area contributed by atoms with Crippen LogP contribution in [0.25, 0.3) is 70.9 Å². The molecular formula is C51H36N2. The molecular weight excluding hydrogens is 641 g/mol. The minimum atomic E-state index is -0.0815. The van der Waals surface area contributed by atoms with Gasteiger partial charge in [-0.3, -0.25) is 0 Å². The molecule has 1 aliphatic carbocycles. The molecule has 0 bridgehead atoms. The summed E-state index contributed by atoms with van der Waals surface area (Å²) < 4.78 is 2.50. The van der Waals surface area contributed by atoms with Crippen molar-refractivity contribution in [3.63, 3.8) is 0 Å². The molecule has 1 heterocycles. The summed E-state index contributed by atoms with van der Waals surface area (Å²) in [6.07, 6.45) is 0. The van der Waals surface area contributed by atoms with Crippen molar-refractivity contribution in [2.24, 2.45) is 0 Å². The number of hydrogen-bond donors (Lipinski definition) is 0. The Morgan fingerprint density at radius 1 is 0.415 bits per heavy atom. The summed E-state index contributed by atoms with van der Waals surface area (Å²) in [6, 6.07) is 67.1. The Labute approximate surface area is 308 Å². The molecule has 2 nitrogen and oxygen atoms in total. The van der Waals surface area contributed by atoms with Crippen LogP contribution in [-0.2, 0) is 5.41 Å². The number of rotatable bonds is 4. The van der Waals surface area contributed by atoms with Crippen LogP contribution in [0.15, 0.2) is 182 Å². The highest BCUT2D eigenvalue weighted by Gasteiger charge is 2.35. The molecule has 0 saturated heterocycles. The van der Waals surface area contributed by atoms with Gasteiger partial charge < -0.3 is 9.47 Å². The van der Waals surface area contributed by atoms with Crippen LogP contribution >= 0.6 is 0 Å². The summed E-state index contributed by atoms with van der Waals surface area (Å²) in [5, 5.41) is 10.2. The van der Waals surface area contributed by atoms with Gasteiger partial charge >= 0.3 is 0 Å². The van der Waals surface area contributed by atoms with Gasteiger partial charge in [0.25, 0.3) is 0 Å². The van der Waals surface area contributed by atoms with Crippen molar-refractivity contribution in [1.29, 1.82) is 0 Å². The van der Waals surface area contributed by atoms with Gasteiger partial charge in [0.2, 0.25) is 0 Å². The van der Waals surface area contributed by atoms with Gasteiger partial charge in [-0.1, -0.05) is 135 Å². The number of nitrogens with zero attached hydrogens (tertiary/aromatic N) is 2. The second-order valence-electron chi connectivity index (χ2n) is 15.0. The lowest BCUT2D eigenvalue weighted by atomic mass is 9.82. The van der Waals surface area contributed by atoms with E-state index in [1.807, 2.05) is 0 Å². The van der Waals surface area contributed by atoms with E-state index in [9.17, 15) is 0 Å². The molecule has 0 saturated carbocycles. The summed E-state index contributed by atoms with van der Waals surface area (Å²) in [7, 11) is 0. The van der Waals surface area contributed by atoms with Crippen molar-refractivity contribution >= 4 is 71.2 Å². The van der Waals surface area contributed by atoms with Crippen LogP contribution in [-0.4, -0.2) is 4.57 Å². The van der Waals surface area contributed by atoms with Crippen LogP contribution in [0.3, 0.4) is 0 Å². The van der Waals surface area contributed by atoms with Crippen molar-refractivity contribution in [3.8, 4) is 16.8 Å². The van der Waals surface area contributed by atoms with Crippen molar-refractivity contribution in [1.82, 2.24) is 4.57 Å². The molecule has 0 atom stereocenters. The summed E-state index contributed by atoms with van der Waals surface area (Å²) in [6.45, 7) is 4.70. The van der Waals surface area contributed by atoms with E-state index in [4.69, 9.17) is 0 Å². The van der Waals surface area contributed by atoms with E-state index >= 15 is 0 Å². The molecule has 2 heteroatoms. The Kier molecular flexibility index (Phi) is 6.33. The van der Waals surface area contributed by atoms with Crippen molar-refractivity contribution in [3.05, 3.63) is 193 Å². The highest BCUT2D eigenvalue weighted by molar-refractivity contribution is 6.33. The predicted octanol–water partition coefficient (Wildman–Crippen LogP) is 14.0. The highest BCUT2D eigenvalue weighted by atomic mass is 15.1. The molecule has 0 aliphatic heterocycles. The van der Waals surface area contributed by atoms with Crippen LogP contribution in [0.5, 0.6) is 0 Å². The molecule has 0 amide bonds. The van der Waals surface area contributed by atoms with Gasteiger partial charge in [0.1, 0.15) is 0 Å². The van der Waals surface area contributed by atoms with Gasteiger partial charge in [-0.25, -0.2) is 0 Å². The Balaban J connectivity index is 1.14. The molecule has 11 rings (SSSR count). The first-order chi connectivity index (χ1) is 26.1. The van der Waals surface area contributed by atoms with E-state index in [0.29, 0.717) is 0 Å². The lowest BCUT2D eigenvalue weighted by Gasteiger charge is -2.28. The largest absolute Gasteiger partial charge is 0.310 e. The number of fused-ring (bicyclic) bond motifs is 12. The van der Waals surface area contributed by atoms with Crippen LogP contribution in [0.4, 0.5) is 17.1 Å². The van der Waals surface area contributed by atoms with Gasteiger partial charge in [-0.2, -0.15) is 0 Å². The number of anilines is 3. The third-order valence-electron chi connectivity index (χ3n) is 11.7. The lowest BCUT2D eigenvalue weighted by Crippen LogP contribution is -2.16. The fourth-order valence-electron chi connectivity index (χ4n) is 9.24. The fourth-order valence-corrected chi connectivity index (χ4v) is 9.24. The quantitative estimate of drug-likeness (QED) is 0.168.